The Labute approximate surface area is 163 Å². The van der Waals surface area contributed by atoms with Crippen LogP contribution in [0.3, 0.4) is 0 Å². The summed E-state index contributed by atoms with van der Waals surface area (Å²) in [4.78, 5) is 14.3. The first-order valence-electron chi connectivity index (χ1n) is 9.10. The van der Waals surface area contributed by atoms with Gasteiger partial charge in [0.2, 0.25) is 5.91 Å². The van der Waals surface area contributed by atoms with Gasteiger partial charge >= 0.3 is 0 Å². The fourth-order valence-corrected chi connectivity index (χ4v) is 3.40. The number of amides is 1. The molecule has 0 radical (unpaired) electrons. The molecule has 0 bridgehead atoms. The van der Waals surface area contributed by atoms with Gasteiger partial charge in [-0.05, 0) is 57.1 Å². The van der Waals surface area contributed by atoms with E-state index in [0.717, 1.165) is 19.6 Å². The summed E-state index contributed by atoms with van der Waals surface area (Å²) in [6, 6.07) is 5.88. The Hall–Kier alpha value is -2.25. The van der Waals surface area contributed by atoms with Crippen LogP contribution in [-0.4, -0.2) is 46.4 Å². The van der Waals surface area contributed by atoms with Gasteiger partial charge in [0.15, 0.2) is 0 Å². The molecule has 27 heavy (non-hydrogen) atoms. The number of carbonyl (C=O) groups is 1. The highest BCUT2D eigenvalue weighted by atomic mass is 35.5. The van der Waals surface area contributed by atoms with Crippen LogP contribution in [0.4, 0.5) is 4.39 Å². The lowest BCUT2D eigenvalue weighted by Gasteiger charge is -2.25. The number of hydrogen-bond acceptors (Lipinski definition) is 4. The predicted molar refractivity (Wildman–Crippen MR) is 104 cm³/mol. The van der Waals surface area contributed by atoms with Gasteiger partial charge in [0.1, 0.15) is 11.0 Å². The number of hydrazone groups is 1. The van der Waals surface area contributed by atoms with Crippen molar-refractivity contribution in [2.45, 2.75) is 32.6 Å². The molecule has 0 atom stereocenters. The molecule has 1 aliphatic rings. The second-order valence-corrected chi connectivity index (χ2v) is 6.98. The van der Waals surface area contributed by atoms with Gasteiger partial charge in [-0.1, -0.05) is 18.0 Å². The zero-order valence-electron chi connectivity index (χ0n) is 15.3. The molecule has 2 heterocycles. The molecule has 0 aliphatic carbocycles. The number of hydrogen-bond donors (Lipinski definition) is 1. The first-order valence-corrected chi connectivity index (χ1v) is 9.47. The minimum Gasteiger partial charge on any atom is -0.303 e. The maximum absolute atomic E-state index is 13.1. The van der Waals surface area contributed by atoms with Crippen LogP contribution in [-0.2, 0) is 4.79 Å². The molecule has 1 amide bonds. The van der Waals surface area contributed by atoms with Gasteiger partial charge in [-0.2, -0.15) is 10.2 Å². The van der Waals surface area contributed by atoms with E-state index in [-0.39, 0.29) is 11.7 Å². The summed E-state index contributed by atoms with van der Waals surface area (Å²) in [5.74, 6) is -0.454. The molecule has 1 aromatic heterocycles. The van der Waals surface area contributed by atoms with Crippen LogP contribution in [0, 0.1) is 12.7 Å². The summed E-state index contributed by atoms with van der Waals surface area (Å²) in [7, 11) is 0. The number of nitrogens with one attached hydrogen (secondary N) is 1. The van der Waals surface area contributed by atoms with Gasteiger partial charge in [0.25, 0.3) is 0 Å². The number of benzene rings is 1. The number of aryl methyl sites for hydroxylation is 1. The highest BCUT2D eigenvalue weighted by molar-refractivity contribution is 6.32. The van der Waals surface area contributed by atoms with Crippen molar-refractivity contribution in [1.82, 2.24) is 20.1 Å². The largest absolute Gasteiger partial charge is 0.303 e. The Kier molecular flexibility index (Phi) is 6.58. The molecule has 1 aliphatic heterocycles. The Morgan fingerprint density at radius 1 is 1.30 bits per heavy atom. The summed E-state index contributed by atoms with van der Waals surface area (Å²) < 4.78 is 14.6. The van der Waals surface area contributed by atoms with Crippen LogP contribution in [0.5, 0.6) is 0 Å². The molecule has 1 N–H and O–H groups in total. The molecular weight excluding hydrogens is 369 g/mol. The van der Waals surface area contributed by atoms with Crippen molar-refractivity contribution in [3.63, 3.8) is 0 Å². The third kappa shape index (κ3) is 5.14. The average molecular weight is 392 g/mol. The molecule has 8 heteroatoms. The summed E-state index contributed by atoms with van der Waals surface area (Å²) in [6.07, 6.45) is 5.59. The van der Waals surface area contributed by atoms with Crippen LogP contribution in [0.25, 0.3) is 5.69 Å². The lowest BCUT2D eigenvalue weighted by atomic mass is 10.1. The zero-order chi connectivity index (χ0) is 19.2. The molecule has 0 spiro atoms. The predicted octanol–water partition coefficient (Wildman–Crippen LogP) is 3.30. The van der Waals surface area contributed by atoms with Crippen LogP contribution < -0.4 is 5.43 Å². The molecule has 2 aromatic rings. The van der Waals surface area contributed by atoms with Gasteiger partial charge in [-0.25, -0.2) is 14.5 Å². The third-order valence-corrected chi connectivity index (χ3v) is 4.97. The van der Waals surface area contributed by atoms with Crippen molar-refractivity contribution in [2.75, 3.05) is 19.6 Å². The van der Waals surface area contributed by atoms with Gasteiger partial charge < -0.3 is 4.90 Å². The molecular formula is C19H23ClFN5O. The van der Waals surface area contributed by atoms with E-state index in [1.807, 2.05) is 0 Å². The van der Waals surface area contributed by atoms with Crippen molar-refractivity contribution in [3.8, 4) is 5.69 Å². The highest BCUT2D eigenvalue weighted by Gasteiger charge is 2.14. The van der Waals surface area contributed by atoms with Crippen molar-refractivity contribution in [3.05, 3.63) is 46.5 Å². The Bertz CT molecular complexity index is 812. The Morgan fingerprint density at radius 3 is 2.70 bits per heavy atom. The molecule has 1 aromatic carbocycles. The second kappa shape index (κ2) is 9.10. The van der Waals surface area contributed by atoms with Crippen molar-refractivity contribution in [2.24, 2.45) is 5.10 Å². The SMILES string of the molecule is Cc1nn(-c2ccc(F)cc2)c(Cl)c1/C=N/NC(=O)CCN1CCCCC1. The van der Waals surface area contributed by atoms with Crippen LogP contribution in [0.1, 0.15) is 36.9 Å². The quantitative estimate of drug-likeness (QED) is 0.607. The molecule has 144 valence electrons. The van der Waals surface area contributed by atoms with E-state index in [0.29, 0.717) is 28.5 Å². The normalized spacial score (nSPS) is 15.4. The standard InChI is InChI=1S/C19H23ClFN5O/c1-14-17(19(20)26(24-14)16-7-5-15(21)6-8-16)13-22-23-18(27)9-12-25-10-3-2-4-11-25/h5-8,13H,2-4,9-12H2,1H3,(H,23,27)/b22-13+. The second-order valence-electron chi connectivity index (χ2n) is 6.62. The van der Waals surface area contributed by atoms with E-state index in [2.05, 4.69) is 20.5 Å². The van der Waals surface area contributed by atoms with Crippen LogP contribution in [0.15, 0.2) is 29.4 Å². The number of likely N-dealkylation sites (tertiary alicyclic amines) is 1. The van der Waals surface area contributed by atoms with E-state index < -0.39 is 0 Å². The number of carbonyl (C=O) groups excluding carboxylic acids is 1. The number of rotatable bonds is 6. The van der Waals surface area contributed by atoms with Crippen molar-refractivity contribution < 1.29 is 9.18 Å². The van der Waals surface area contributed by atoms with E-state index >= 15 is 0 Å². The number of nitrogens with zero attached hydrogens (tertiary/aromatic N) is 4. The van der Waals surface area contributed by atoms with E-state index in [1.165, 1.54) is 42.3 Å². The van der Waals surface area contributed by atoms with E-state index in [9.17, 15) is 9.18 Å². The first-order chi connectivity index (χ1) is 13.0. The van der Waals surface area contributed by atoms with Gasteiger partial charge in [-0.3, -0.25) is 4.79 Å². The van der Waals surface area contributed by atoms with Crippen LogP contribution in [0.2, 0.25) is 5.15 Å². The Morgan fingerprint density at radius 2 is 2.00 bits per heavy atom. The molecule has 3 rings (SSSR count). The molecule has 6 nitrogen and oxygen atoms in total. The minimum absolute atomic E-state index is 0.128. The van der Waals surface area contributed by atoms with E-state index in [4.69, 9.17) is 11.6 Å². The summed E-state index contributed by atoms with van der Waals surface area (Å²) in [6.45, 7) is 4.68. The lowest BCUT2D eigenvalue weighted by Crippen LogP contribution is -2.33. The first kappa shape index (κ1) is 19.5. The maximum Gasteiger partial charge on any atom is 0.241 e. The summed E-state index contributed by atoms with van der Waals surface area (Å²) >= 11 is 6.38. The van der Waals surface area contributed by atoms with Crippen molar-refractivity contribution in [1.29, 1.82) is 0 Å². The highest BCUT2D eigenvalue weighted by Crippen LogP contribution is 2.22. The number of halogens is 2. The smallest absolute Gasteiger partial charge is 0.241 e. The Balaban J connectivity index is 1.58. The van der Waals surface area contributed by atoms with E-state index in [1.54, 1.807) is 19.1 Å². The lowest BCUT2D eigenvalue weighted by molar-refractivity contribution is -0.121. The summed E-state index contributed by atoms with van der Waals surface area (Å²) in [5, 5.41) is 8.72. The van der Waals surface area contributed by atoms with Gasteiger partial charge in [0.05, 0.1) is 23.2 Å². The van der Waals surface area contributed by atoms with Gasteiger partial charge in [0, 0.05) is 13.0 Å². The third-order valence-electron chi connectivity index (χ3n) is 4.61. The fraction of sp³-hybridized carbons (Fsp3) is 0.421. The molecule has 1 saturated heterocycles. The fourth-order valence-electron chi connectivity index (χ4n) is 3.08. The monoisotopic (exact) mass is 391 g/mol. The minimum atomic E-state index is -0.326. The number of aromatic nitrogens is 2. The molecule has 0 saturated carbocycles. The maximum atomic E-state index is 13.1. The topological polar surface area (TPSA) is 62.5 Å². The number of piperidine rings is 1. The summed E-state index contributed by atoms with van der Waals surface area (Å²) in [5.41, 5.74) is 4.46. The zero-order valence-corrected chi connectivity index (χ0v) is 16.0. The van der Waals surface area contributed by atoms with Crippen LogP contribution >= 0.6 is 11.6 Å². The van der Waals surface area contributed by atoms with Gasteiger partial charge in [-0.15, -0.1) is 0 Å². The molecule has 0 unspecified atom stereocenters. The van der Waals surface area contributed by atoms with Crippen molar-refractivity contribution >= 4 is 23.7 Å². The average Bonchev–Trinajstić information content (AvgIpc) is 2.96. The molecule has 1 fully saturated rings.